The molecule has 1 aromatic heterocycles. The zero-order valence-corrected chi connectivity index (χ0v) is 10.5. The molecule has 0 saturated heterocycles. The first-order chi connectivity index (χ1) is 8.99. The Kier molecular flexibility index (Phi) is 3.71. The van der Waals surface area contributed by atoms with Crippen LogP contribution in [0.4, 0.5) is 4.39 Å². The number of carbonyl (C=O) groups is 1. The van der Waals surface area contributed by atoms with E-state index in [4.69, 9.17) is 21.4 Å². The first kappa shape index (κ1) is 13.4. The minimum Gasteiger partial charge on any atom is -0.479 e. The van der Waals surface area contributed by atoms with Gasteiger partial charge in [-0.2, -0.15) is 0 Å². The molecule has 0 aliphatic rings. The Labute approximate surface area is 112 Å². The maximum Gasteiger partial charge on any atom is 0.344 e. The van der Waals surface area contributed by atoms with E-state index in [1.54, 1.807) is 0 Å². The van der Waals surface area contributed by atoms with Crippen LogP contribution in [0.2, 0.25) is 5.02 Å². The Morgan fingerprint density at radius 2 is 2.32 bits per heavy atom. The van der Waals surface area contributed by atoms with Crippen molar-refractivity contribution in [2.75, 3.05) is 0 Å². The fraction of sp³-hybridized carbons (Fsp3) is 0.167. The molecular weight excluding hydrogens is 277 g/mol. The van der Waals surface area contributed by atoms with E-state index in [0.717, 1.165) is 6.07 Å². The van der Waals surface area contributed by atoms with Gasteiger partial charge >= 0.3 is 5.97 Å². The molecule has 2 rings (SSSR count). The molecule has 100 valence electrons. The summed E-state index contributed by atoms with van der Waals surface area (Å²) in [6.45, 7) is 1.33. The smallest absolute Gasteiger partial charge is 0.344 e. The SMILES string of the molecule is CC(Oc1cc(F)c(Cl)cc1-c1ccon1)C(=O)O. The third kappa shape index (κ3) is 2.85. The summed E-state index contributed by atoms with van der Waals surface area (Å²) in [4.78, 5) is 10.8. The minimum absolute atomic E-state index is 0.0331. The van der Waals surface area contributed by atoms with Crippen molar-refractivity contribution in [2.24, 2.45) is 0 Å². The van der Waals surface area contributed by atoms with Gasteiger partial charge in [-0.15, -0.1) is 0 Å². The molecule has 0 bridgehead atoms. The zero-order valence-electron chi connectivity index (χ0n) is 9.76. The number of benzene rings is 1. The van der Waals surface area contributed by atoms with Crippen LogP contribution in [0.3, 0.4) is 0 Å². The molecular formula is C12H9ClFNO4. The minimum atomic E-state index is -1.17. The van der Waals surface area contributed by atoms with Crippen LogP contribution in [-0.2, 0) is 4.79 Å². The largest absolute Gasteiger partial charge is 0.479 e. The number of ether oxygens (including phenoxy) is 1. The topological polar surface area (TPSA) is 72.6 Å². The second kappa shape index (κ2) is 5.27. The van der Waals surface area contributed by atoms with E-state index >= 15 is 0 Å². The highest BCUT2D eigenvalue weighted by Gasteiger charge is 2.19. The molecule has 1 unspecified atom stereocenters. The second-order valence-corrected chi connectivity index (χ2v) is 4.15. The van der Waals surface area contributed by atoms with E-state index in [0.29, 0.717) is 11.3 Å². The Bertz CT molecular complexity index is 600. The zero-order chi connectivity index (χ0) is 14.0. The fourth-order valence-electron chi connectivity index (χ4n) is 1.42. The molecule has 2 aromatic rings. The van der Waals surface area contributed by atoms with Crippen molar-refractivity contribution in [2.45, 2.75) is 13.0 Å². The molecule has 1 N–H and O–H groups in total. The highest BCUT2D eigenvalue weighted by Crippen LogP contribution is 2.34. The molecule has 0 amide bonds. The predicted octanol–water partition coefficient (Wildman–Crippen LogP) is 2.99. The van der Waals surface area contributed by atoms with Crippen LogP contribution >= 0.6 is 11.6 Å². The van der Waals surface area contributed by atoms with Crippen molar-refractivity contribution in [3.05, 3.63) is 35.3 Å². The lowest BCUT2D eigenvalue weighted by atomic mass is 10.1. The normalized spacial score (nSPS) is 12.2. The van der Waals surface area contributed by atoms with Crippen molar-refractivity contribution < 1.29 is 23.6 Å². The number of rotatable bonds is 4. The number of hydrogen-bond acceptors (Lipinski definition) is 4. The molecule has 1 atom stereocenters. The van der Waals surface area contributed by atoms with Crippen LogP contribution in [-0.4, -0.2) is 22.3 Å². The molecule has 0 spiro atoms. The van der Waals surface area contributed by atoms with Gasteiger partial charge in [0.15, 0.2) is 6.10 Å². The Morgan fingerprint density at radius 3 is 2.89 bits per heavy atom. The third-order valence-corrected chi connectivity index (χ3v) is 2.68. The molecule has 1 heterocycles. The van der Waals surface area contributed by atoms with Gasteiger partial charge in [-0.05, 0) is 13.0 Å². The van der Waals surface area contributed by atoms with Crippen molar-refractivity contribution in [1.82, 2.24) is 5.16 Å². The molecule has 19 heavy (non-hydrogen) atoms. The summed E-state index contributed by atoms with van der Waals surface area (Å²) in [5.41, 5.74) is 0.725. The predicted molar refractivity (Wildman–Crippen MR) is 64.6 cm³/mol. The number of nitrogens with zero attached hydrogens (tertiary/aromatic N) is 1. The van der Waals surface area contributed by atoms with Gasteiger partial charge in [0.05, 0.1) is 5.02 Å². The van der Waals surface area contributed by atoms with Crippen molar-refractivity contribution in [3.8, 4) is 17.0 Å². The van der Waals surface area contributed by atoms with Crippen LogP contribution in [0.1, 0.15) is 6.92 Å². The summed E-state index contributed by atoms with van der Waals surface area (Å²) in [6.07, 6.45) is 0.197. The summed E-state index contributed by atoms with van der Waals surface area (Å²) in [6, 6.07) is 3.85. The first-order valence-electron chi connectivity index (χ1n) is 5.28. The highest BCUT2D eigenvalue weighted by atomic mass is 35.5. The number of carboxylic acids is 1. The maximum atomic E-state index is 13.4. The summed E-state index contributed by atoms with van der Waals surface area (Å²) in [5, 5.41) is 12.4. The fourth-order valence-corrected chi connectivity index (χ4v) is 1.58. The van der Waals surface area contributed by atoms with Crippen molar-refractivity contribution >= 4 is 17.6 Å². The van der Waals surface area contributed by atoms with E-state index in [1.807, 2.05) is 0 Å². The van der Waals surface area contributed by atoms with E-state index < -0.39 is 17.9 Å². The molecule has 0 fully saturated rings. The van der Waals surface area contributed by atoms with Crippen molar-refractivity contribution in [1.29, 1.82) is 0 Å². The molecule has 0 aliphatic heterocycles. The van der Waals surface area contributed by atoms with Gasteiger partial charge in [0.25, 0.3) is 0 Å². The number of aromatic nitrogens is 1. The lowest BCUT2D eigenvalue weighted by Crippen LogP contribution is -2.23. The Morgan fingerprint density at radius 1 is 1.58 bits per heavy atom. The van der Waals surface area contributed by atoms with Crippen molar-refractivity contribution in [3.63, 3.8) is 0 Å². The van der Waals surface area contributed by atoms with Crippen LogP contribution in [0.25, 0.3) is 11.3 Å². The average Bonchev–Trinajstić information content (AvgIpc) is 2.86. The molecule has 5 nitrogen and oxygen atoms in total. The van der Waals surface area contributed by atoms with Gasteiger partial charge in [0.1, 0.15) is 23.5 Å². The lowest BCUT2D eigenvalue weighted by molar-refractivity contribution is -0.144. The molecule has 1 aromatic carbocycles. The summed E-state index contributed by atoms with van der Waals surface area (Å²) < 4.78 is 23.3. The van der Waals surface area contributed by atoms with Crippen LogP contribution in [0.15, 0.2) is 29.0 Å². The van der Waals surface area contributed by atoms with Crippen LogP contribution < -0.4 is 4.74 Å². The molecule has 0 saturated carbocycles. The second-order valence-electron chi connectivity index (χ2n) is 3.75. The van der Waals surface area contributed by atoms with Gasteiger partial charge in [-0.1, -0.05) is 16.8 Å². The highest BCUT2D eigenvalue weighted by molar-refractivity contribution is 6.31. The third-order valence-electron chi connectivity index (χ3n) is 2.39. The van der Waals surface area contributed by atoms with Gasteiger partial charge in [0, 0.05) is 17.7 Å². The first-order valence-corrected chi connectivity index (χ1v) is 5.66. The number of aliphatic carboxylic acids is 1. The Hall–Kier alpha value is -2.08. The molecule has 0 aliphatic carbocycles. The van der Waals surface area contributed by atoms with E-state index in [1.165, 1.54) is 25.3 Å². The number of hydrogen-bond donors (Lipinski definition) is 1. The van der Waals surface area contributed by atoms with E-state index in [2.05, 4.69) is 9.68 Å². The van der Waals surface area contributed by atoms with E-state index in [-0.39, 0.29) is 10.8 Å². The number of carboxylic acid groups (broad SMARTS) is 1. The average molecular weight is 286 g/mol. The monoisotopic (exact) mass is 285 g/mol. The maximum absolute atomic E-state index is 13.4. The number of halogens is 2. The lowest BCUT2D eigenvalue weighted by Gasteiger charge is -2.14. The standard InChI is InChI=1S/C12H9ClFNO4/c1-6(12(16)17)19-11-5-9(14)8(13)4-7(11)10-2-3-18-15-10/h2-6H,1H3,(H,16,17). The summed E-state index contributed by atoms with van der Waals surface area (Å²) in [7, 11) is 0. The van der Waals surface area contributed by atoms with Gasteiger partial charge in [-0.25, -0.2) is 9.18 Å². The molecule has 7 heteroatoms. The quantitative estimate of drug-likeness (QED) is 0.935. The van der Waals surface area contributed by atoms with Gasteiger partial charge < -0.3 is 14.4 Å². The summed E-state index contributed by atoms with van der Waals surface area (Å²) in [5.74, 6) is -1.84. The molecule has 0 radical (unpaired) electrons. The Balaban J connectivity index is 2.46. The van der Waals surface area contributed by atoms with Gasteiger partial charge in [0.2, 0.25) is 0 Å². The summed E-state index contributed by atoms with van der Waals surface area (Å²) >= 11 is 5.70. The van der Waals surface area contributed by atoms with Crippen LogP contribution in [0.5, 0.6) is 5.75 Å². The van der Waals surface area contributed by atoms with Crippen LogP contribution in [0, 0.1) is 5.82 Å². The van der Waals surface area contributed by atoms with Gasteiger partial charge in [-0.3, -0.25) is 0 Å². The van der Waals surface area contributed by atoms with E-state index in [9.17, 15) is 9.18 Å².